The van der Waals surface area contributed by atoms with Crippen LogP contribution in [-0.2, 0) is 6.54 Å². The fraction of sp³-hybridized carbons (Fsp3) is 0.406. The van der Waals surface area contributed by atoms with Gasteiger partial charge >= 0.3 is 0 Å². The smallest absolute Gasteiger partial charge is 0.0417 e. The predicted molar refractivity (Wildman–Crippen MR) is 150 cm³/mol. The summed E-state index contributed by atoms with van der Waals surface area (Å²) in [7, 11) is 0. The number of pyridine rings is 1. The second-order valence-corrected chi connectivity index (χ2v) is 9.27. The van der Waals surface area contributed by atoms with Gasteiger partial charge in [-0.2, -0.15) is 0 Å². The van der Waals surface area contributed by atoms with Crippen molar-refractivity contribution in [1.82, 2.24) is 9.88 Å². The highest BCUT2D eigenvalue weighted by molar-refractivity contribution is 5.33. The molecular formula is C32H46N2. The van der Waals surface area contributed by atoms with Crippen molar-refractivity contribution in [2.75, 3.05) is 13.1 Å². The molecule has 0 amide bonds. The molecule has 2 nitrogen and oxygen atoms in total. The lowest BCUT2D eigenvalue weighted by Gasteiger charge is -2.21. The third-order valence-electron chi connectivity index (χ3n) is 5.47. The van der Waals surface area contributed by atoms with Crippen molar-refractivity contribution in [3.05, 3.63) is 113 Å². The molecular weight excluding hydrogens is 412 g/mol. The maximum absolute atomic E-state index is 4.33. The highest BCUT2D eigenvalue weighted by Gasteiger charge is 2.07. The van der Waals surface area contributed by atoms with E-state index in [1.54, 1.807) is 0 Å². The van der Waals surface area contributed by atoms with Crippen molar-refractivity contribution >= 4 is 0 Å². The fourth-order valence-corrected chi connectivity index (χ4v) is 3.62. The Morgan fingerprint density at radius 1 is 0.824 bits per heavy atom. The molecule has 3 rings (SSSR count). The van der Waals surface area contributed by atoms with Crippen molar-refractivity contribution in [3.63, 3.8) is 0 Å². The van der Waals surface area contributed by atoms with Crippen LogP contribution in [0, 0.1) is 13.8 Å². The van der Waals surface area contributed by atoms with Crippen LogP contribution in [0.1, 0.15) is 81.3 Å². The number of hydrogen-bond donors (Lipinski definition) is 0. The Labute approximate surface area is 209 Å². The number of benzene rings is 2. The second kappa shape index (κ2) is 16.8. The number of allylic oxidation sites excluding steroid dienone is 1. The number of rotatable bonds is 8. The van der Waals surface area contributed by atoms with Crippen molar-refractivity contribution < 1.29 is 0 Å². The van der Waals surface area contributed by atoms with E-state index in [2.05, 4.69) is 112 Å². The van der Waals surface area contributed by atoms with E-state index in [0.29, 0.717) is 5.92 Å². The maximum Gasteiger partial charge on any atom is 0.0417 e. The van der Waals surface area contributed by atoms with E-state index in [0.717, 1.165) is 12.2 Å². The molecule has 0 spiro atoms. The Hall–Kier alpha value is -2.71. The first kappa shape index (κ1) is 29.3. The minimum absolute atomic E-state index is 0.479. The van der Waals surface area contributed by atoms with Crippen molar-refractivity contribution in [2.45, 2.75) is 73.8 Å². The summed E-state index contributed by atoms with van der Waals surface area (Å²) in [4.78, 5) is 6.83. The van der Waals surface area contributed by atoms with Gasteiger partial charge in [0, 0.05) is 24.4 Å². The van der Waals surface area contributed by atoms with Crippen molar-refractivity contribution in [2.24, 2.45) is 0 Å². The summed E-state index contributed by atoms with van der Waals surface area (Å²) in [6.45, 7) is 21.8. The summed E-state index contributed by atoms with van der Waals surface area (Å²) in [5.74, 6) is 0.479. The number of aromatic nitrogens is 1. The van der Waals surface area contributed by atoms with Gasteiger partial charge in [-0.05, 0) is 76.4 Å². The SMILES string of the molecule is C=C(C)C.CCCN(CCC)Cc1cccnc1C.Cc1ccc(C(C)c2ccccc2)cc1. The van der Waals surface area contributed by atoms with Gasteiger partial charge in [-0.1, -0.05) is 92.6 Å². The highest BCUT2D eigenvalue weighted by atomic mass is 15.1. The standard InChI is InChI=1S/C15H16.C13H22N2.C4H8/c1-12-8-10-15(11-9-12)13(2)14-6-4-3-5-7-14;1-4-9-15(10-5-2)11-13-7-6-8-14-12(13)3;1-4(2)3/h3-11,13H,1-2H3;6-8H,4-5,9-11H2,1-3H3;1H2,2-3H3. The molecule has 0 aliphatic heterocycles. The van der Waals surface area contributed by atoms with Crippen LogP contribution in [0.2, 0.25) is 0 Å². The molecule has 2 aromatic carbocycles. The summed E-state index contributed by atoms with van der Waals surface area (Å²) < 4.78 is 0. The zero-order valence-corrected chi connectivity index (χ0v) is 22.6. The Morgan fingerprint density at radius 3 is 1.85 bits per heavy atom. The average Bonchev–Trinajstić information content (AvgIpc) is 2.82. The van der Waals surface area contributed by atoms with Crippen LogP contribution >= 0.6 is 0 Å². The average molecular weight is 459 g/mol. The van der Waals surface area contributed by atoms with Crippen LogP contribution in [-0.4, -0.2) is 23.0 Å². The first-order valence-electron chi connectivity index (χ1n) is 12.6. The van der Waals surface area contributed by atoms with Gasteiger partial charge < -0.3 is 0 Å². The minimum Gasteiger partial charge on any atom is -0.299 e. The summed E-state index contributed by atoms with van der Waals surface area (Å²) >= 11 is 0. The molecule has 1 unspecified atom stereocenters. The second-order valence-electron chi connectivity index (χ2n) is 9.27. The fourth-order valence-electron chi connectivity index (χ4n) is 3.62. The van der Waals surface area contributed by atoms with Gasteiger partial charge in [0.15, 0.2) is 0 Å². The Morgan fingerprint density at radius 2 is 1.35 bits per heavy atom. The first-order chi connectivity index (χ1) is 16.3. The van der Waals surface area contributed by atoms with E-state index in [9.17, 15) is 0 Å². The van der Waals surface area contributed by atoms with Crippen LogP contribution in [0.25, 0.3) is 0 Å². The van der Waals surface area contributed by atoms with E-state index >= 15 is 0 Å². The molecule has 0 bridgehead atoms. The van der Waals surface area contributed by atoms with Crippen molar-refractivity contribution in [3.8, 4) is 0 Å². The van der Waals surface area contributed by atoms with Gasteiger partial charge in [0.2, 0.25) is 0 Å². The number of aryl methyl sites for hydroxylation is 2. The third-order valence-corrected chi connectivity index (χ3v) is 5.47. The topological polar surface area (TPSA) is 16.1 Å². The molecule has 0 fully saturated rings. The van der Waals surface area contributed by atoms with Crippen LogP contribution in [0.4, 0.5) is 0 Å². The lowest BCUT2D eigenvalue weighted by molar-refractivity contribution is 0.265. The van der Waals surface area contributed by atoms with Gasteiger partial charge in [-0.15, -0.1) is 6.58 Å². The molecule has 0 radical (unpaired) electrons. The Kier molecular flexibility index (Phi) is 14.5. The molecule has 0 aliphatic carbocycles. The summed E-state index contributed by atoms with van der Waals surface area (Å²) in [5, 5.41) is 0. The minimum atomic E-state index is 0.479. The zero-order valence-electron chi connectivity index (χ0n) is 22.6. The number of nitrogens with zero attached hydrogens (tertiary/aromatic N) is 2. The van der Waals surface area contributed by atoms with Gasteiger partial charge in [0.1, 0.15) is 0 Å². The van der Waals surface area contributed by atoms with Crippen LogP contribution in [0.5, 0.6) is 0 Å². The van der Waals surface area contributed by atoms with Crippen LogP contribution in [0.3, 0.4) is 0 Å². The number of hydrogen-bond acceptors (Lipinski definition) is 2. The third kappa shape index (κ3) is 12.0. The van der Waals surface area contributed by atoms with Gasteiger partial charge in [0.05, 0.1) is 0 Å². The molecule has 0 aliphatic rings. The lowest BCUT2D eigenvalue weighted by atomic mass is 9.93. The van der Waals surface area contributed by atoms with E-state index in [1.165, 1.54) is 53.8 Å². The van der Waals surface area contributed by atoms with Gasteiger partial charge in [-0.25, -0.2) is 0 Å². The molecule has 3 aromatic rings. The molecule has 1 aromatic heterocycles. The predicted octanol–water partition coefficient (Wildman–Crippen LogP) is 8.74. The zero-order chi connectivity index (χ0) is 25.3. The van der Waals surface area contributed by atoms with Crippen LogP contribution < -0.4 is 0 Å². The van der Waals surface area contributed by atoms with Crippen LogP contribution in [0.15, 0.2) is 85.1 Å². The molecule has 0 saturated carbocycles. The summed E-state index contributed by atoms with van der Waals surface area (Å²) in [5.41, 5.74) is 7.77. The quantitative estimate of drug-likeness (QED) is 0.314. The summed E-state index contributed by atoms with van der Waals surface area (Å²) in [6.07, 6.45) is 4.31. The maximum atomic E-state index is 4.33. The first-order valence-corrected chi connectivity index (χ1v) is 12.6. The largest absolute Gasteiger partial charge is 0.299 e. The molecule has 184 valence electrons. The molecule has 1 atom stereocenters. The molecule has 0 N–H and O–H groups in total. The lowest BCUT2D eigenvalue weighted by Crippen LogP contribution is -2.25. The summed E-state index contributed by atoms with van der Waals surface area (Å²) in [6, 6.07) is 23.6. The molecule has 1 heterocycles. The van der Waals surface area contributed by atoms with E-state index in [4.69, 9.17) is 0 Å². The molecule has 0 saturated heterocycles. The normalized spacial score (nSPS) is 11.1. The van der Waals surface area contributed by atoms with Gasteiger partial charge in [-0.3, -0.25) is 9.88 Å². The monoisotopic (exact) mass is 458 g/mol. The van der Waals surface area contributed by atoms with Crippen molar-refractivity contribution in [1.29, 1.82) is 0 Å². The van der Waals surface area contributed by atoms with E-state index in [-0.39, 0.29) is 0 Å². The van der Waals surface area contributed by atoms with E-state index < -0.39 is 0 Å². The molecule has 2 heteroatoms. The van der Waals surface area contributed by atoms with E-state index in [1.807, 2.05) is 26.1 Å². The molecule has 34 heavy (non-hydrogen) atoms. The Balaban J connectivity index is 0.000000294. The Bertz CT molecular complexity index is 919. The highest BCUT2D eigenvalue weighted by Crippen LogP contribution is 2.23. The van der Waals surface area contributed by atoms with Gasteiger partial charge in [0.25, 0.3) is 0 Å².